The Kier molecular flexibility index (Phi) is 7.75. The molecular weight excluding hydrogens is 318 g/mol. The number of likely N-dealkylation sites (tertiary alicyclic amines) is 2. The van der Waals surface area contributed by atoms with E-state index in [0.29, 0.717) is 19.2 Å². The van der Waals surface area contributed by atoms with Gasteiger partial charge in [-0.25, -0.2) is 4.79 Å². The maximum atomic E-state index is 12.2. The molecule has 0 aromatic rings. The number of carbonyl (C=O) groups excluding carboxylic acids is 2. The number of piperidine rings is 1. The summed E-state index contributed by atoms with van der Waals surface area (Å²) in [7, 11) is 0. The van der Waals surface area contributed by atoms with Crippen LogP contribution in [-0.4, -0.2) is 67.2 Å². The van der Waals surface area contributed by atoms with Crippen LogP contribution >= 0.6 is 0 Å². The Labute approximate surface area is 151 Å². The SMILES string of the molecule is C=C(C)CNC(=O)C1CCN(C2CCCN(C(=O)OCC)CC2)CC1. The third kappa shape index (κ3) is 6.03. The molecule has 0 aliphatic carbocycles. The summed E-state index contributed by atoms with van der Waals surface area (Å²) in [6.07, 6.45) is 4.77. The maximum Gasteiger partial charge on any atom is 0.409 e. The van der Waals surface area contributed by atoms with Gasteiger partial charge in [0.15, 0.2) is 0 Å². The zero-order valence-electron chi connectivity index (χ0n) is 15.8. The number of ether oxygens (including phenoxy) is 1. The third-order valence-corrected chi connectivity index (χ3v) is 5.20. The van der Waals surface area contributed by atoms with Gasteiger partial charge in [0.25, 0.3) is 0 Å². The molecule has 0 aromatic heterocycles. The first-order valence-corrected chi connectivity index (χ1v) is 9.59. The largest absolute Gasteiger partial charge is 0.450 e. The Bertz CT molecular complexity index is 473. The molecule has 2 heterocycles. The number of rotatable bonds is 5. The zero-order chi connectivity index (χ0) is 18.2. The van der Waals surface area contributed by atoms with E-state index in [1.54, 1.807) is 0 Å². The summed E-state index contributed by atoms with van der Waals surface area (Å²) < 4.78 is 5.12. The fraction of sp³-hybridized carbons (Fsp3) is 0.789. The number of nitrogens with zero attached hydrogens (tertiary/aromatic N) is 2. The van der Waals surface area contributed by atoms with Gasteiger partial charge in [0.2, 0.25) is 5.91 Å². The van der Waals surface area contributed by atoms with Crippen LogP contribution in [0.4, 0.5) is 4.79 Å². The molecule has 0 radical (unpaired) electrons. The molecule has 2 aliphatic rings. The van der Waals surface area contributed by atoms with E-state index >= 15 is 0 Å². The van der Waals surface area contributed by atoms with Crippen LogP contribution in [0.3, 0.4) is 0 Å². The summed E-state index contributed by atoms with van der Waals surface area (Å²) in [6.45, 7) is 12.1. The van der Waals surface area contributed by atoms with E-state index in [9.17, 15) is 9.59 Å². The van der Waals surface area contributed by atoms with Crippen molar-refractivity contribution in [2.24, 2.45) is 5.92 Å². The summed E-state index contributed by atoms with van der Waals surface area (Å²) in [5, 5.41) is 2.97. The standard InChI is InChI=1S/C19H33N3O3/c1-4-25-19(24)22-10-5-6-17(9-13-22)21-11-7-16(8-12-21)18(23)20-14-15(2)3/h16-17H,2,4-14H2,1,3H3,(H,20,23). The van der Waals surface area contributed by atoms with Crippen molar-refractivity contribution in [3.8, 4) is 0 Å². The smallest absolute Gasteiger partial charge is 0.409 e. The molecule has 0 saturated carbocycles. The summed E-state index contributed by atoms with van der Waals surface area (Å²) in [5.74, 6) is 0.286. The van der Waals surface area contributed by atoms with Gasteiger partial charge in [0.05, 0.1) is 6.61 Å². The van der Waals surface area contributed by atoms with Crippen molar-refractivity contribution < 1.29 is 14.3 Å². The van der Waals surface area contributed by atoms with Gasteiger partial charge in [-0.2, -0.15) is 0 Å². The predicted octanol–water partition coefficient (Wildman–Crippen LogP) is 2.40. The molecule has 0 bridgehead atoms. The van der Waals surface area contributed by atoms with Gasteiger partial charge in [0.1, 0.15) is 0 Å². The summed E-state index contributed by atoms with van der Waals surface area (Å²) in [4.78, 5) is 28.4. The normalized spacial score (nSPS) is 23.0. The zero-order valence-corrected chi connectivity index (χ0v) is 15.8. The highest BCUT2D eigenvalue weighted by Gasteiger charge is 2.30. The lowest BCUT2D eigenvalue weighted by molar-refractivity contribution is -0.126. The van der Waals surface area contributed by atoms with Crippen molar-refractivity contribution in [1.29, 1.82) is 0 Å². The topological polar surface area (TPSA) is 61.9 Å². The predicted molar refractivity (Wildman–Crippen MR) is 98.4 cm³/mol. The van der Waals surface area contributed by atoms with Crippen LogP contribution in [0.5, 0.6) is 0 Å². The Morgan fingerprint density at radius 2 is 1.84 bits per heavy atom. The van der Waals surface area contributed by atoms with E-state index in [1.807, 2.05) is 18.7 Å². The van der Waals surface area contributed by atoms with E-state index in [-0.39, 0.29) is 17.9 Å². The Morgan fingerprint density at radius 3 is 2.48 bits per heavy atom. The molecule has 2 aliphatic heterocycles. The third-order valence-electron chi connectivity index (χ3n) is 5.20. The van der Waals surface area contributed by atoms with E-state index in [1.165, 1.54) is 0 Å². The van der Waals surface area contributed by atoms with Crippen molar-refractivity contribution in [2.75, 3.05) is 39.3 Å². The Balaban J connectivity index is 1.76. The lowest BCUT2D eigenvalue weighted by Gasteiger charge is -2.36. The van der Waals surface area contributed by atoms with Crippen LogP contribution in [0, 0.1) is 5.92 Å². The van der Waals surface area contributed by atoms with Crippen LogP contribution < -0.4 is 5.32 Å². The molecule has 0 spiro atoms. The number of carbonyl (C=O) groups is 2. The number of hydrogen-bond acceptors (Lipinski definition) is 4. The van der Waals surface area contributed by atoms with Crippen molar-refractivity contribution in [3.63, 3.8) is 0 Å². The van der Waals surface area contributed by atoms with Gasteiger partial charge in [-0.05, 0) is 59.0 Å². The maximum absolute atomic E-state index is 12.2. The molecule has 142 valence electrons. The number of amides is 2. The van der Waals surface area contributed by atoms with Crippen LogP contribution in [0.1, 0.15) is 46.0 Å². The lowest BCUT2D eigenvalue weighted by atomic mass is 9.93. The number of hydrogen-bond donors (Lipinski definition) is 1. The second-order valence-electron chi connectivity index (χ2n) is 7.26. The van der Waals surface area contributed by atoms with E-state index in [0.717, 1.165) is 63.9 Å². The molecule has 1 atom stereocenters. The van der Waals surface area contributed by atoms with Gasteiger partial charge >= 0.3 is 6.09 Å². The van der Waals surface area contributed by atoms with Crippen molar-refractivity contribution in [1.82, 2.24) is 15.1 Å². The van der Waals surface area contributed by atoms with E-state index in [4.69, 9.17) is 4.74 Å². The molecule has 2 rings (SSSR count). The van der Waals surface area contributed by atoms with Crippen molar-refractivity contribution in [2.45, 2.75) is 52.0 Å². The molecule has 0 aromatic carbocycles. The van der Waals surface area contributed by atoms with Crippen LogP contribution in [0.2, 0.25) is 0 Å². The highest BCUT2D eigenvalue weighted by atomic mass is 16.6. The first kappa shape index (κ1) is 19.8. The fourth-order valence-corrected chi connectivity index (χ4v) is 3.75. The van der Waals surface area contributed by atoms with Crippen LogP contribution in [0.15, 0.2) is 12.2 Å². The molecule has 2 saturated heterocycles. The minimum absolute atomic E-state index is 0.123. The minimum Gasteiger partial charge on any atom is -0.450 e. The summed E-state index contributed by atoms with van der Waals surface area (Å²) >= 11 is 0. The molecular formula is C19H33N3O3. The van der Waals surface area contributed by atoms with Gasteiger partial charge < -0.3 is 19.9 Å². The summed E-state index contributed by atoms with van der Waals surface area (Å²) in [5.41, 5.74) is 0.982. The molecule has 1 unspecified atom stereocenters. The summed E-state index contributed by atoms with van der Waals surface area (Å²) in [6, 6.07) is 0.513. The average molecular weight is 351 g/mol. The second kappa shape index (κ2) is 9.80. The van der Waals surface area contributed by atoms with Gasteiger partial charge in [-0.15, -0.1) is 0 Å². The minimum atomic E-state index is -0.184. The monoisotopic (exact) mass is 351 g/mol. The molecule has 6 nitrogen and oxygen atoms in total. The molecule has 2 fully saturated rings. The molecule has 2 amide bonds. The molecule has 6 heteroatoms. The fourth-order valence-electron chi connectivity index (χ4n) is 3.75. The first-order valence-electron chi connectivity index (χ1n) is 9.59. The Hall–Kier alpha value is -1.56. The lowest BCUT2D eigenvalue weighted by Crippen LogP contribution is -2.45. The van der Waals surface area contributed by atoms with E-state index in [2.05, 4.69) is 16.8 Å². The molecule has 25 heavy (non-hydrogen) atoms. The first-order chi connectivity index (χ1) is 12.0. The van der Waals surface area contributed by atoms with Gasteiger partial charge in [-0.1, -0.05) is 12.2 Å². The average Bonchev–Trinajstić information content (AvgIpc) is 2.86. The van der Waals surface area contributed by atoms with E-state index < -0.39 is 0 Å². The molecule has 1 N–H and O–H groups in total. The Morgan fingerprint density at radius 1 is 1.12 bits per heavy atom. The van der Waals surface area contributed by atoms with Gasteiger partial charge in [-0.3, -0.25) is 4.79 Å². The highest BCUT2D eigenvalue weighted by molar-refractivity contribution is 5.79. The number of nitrogens with one attached hydrogen (secondary N) is 1. The highest BCUT2D eigenvalue weighted by Crippen LogP contribution is 2.24. The van der Waals surface area contributed by atoms with Crippen LogP contribution in [0.25, 0.3) is 0 Å². The quantitative estimate of drug-likeness (QED) is 0.773. The van der Waals surface area contributed by atoms with Crippen molar-refractivity contribution in [3.05, 3.63) is 12.2 Å². The second-order valence-corrected chi connectivity index (χ2v) is 7.26. The van der Waals surface area contributed by atoms with Crippen molar-refractivity contribution >= 4 is 12.0 Å². The van der Waals surface area contributed by atoms with Crippen LogP contribution in [-0.2, 0) is 9.53 Å². The van der Waals surface area contributed by atoms with Gasteiger partial charge in [0, 0.05) is 31.6 Å².